The van der Waals surface area contributed by atoms with Crippen molar-refractivity contribution in [3.63, 3.8) is 0 Å². The molecule has 3 rings (SSSR count). The van der Waals surface area contributed by atoms with Gasteiger partial charge in [-0.25, -0.2) is 17.2 Å². The van der Waals surface area contributed by atoms with Gasteiger partial charge in [-0.15, -0.1) is 0 Å². The molecule has 1 N–H and O–H groups in total. The molecule has 0 saturated heterocycles. The highest BCUT2D eigenvalue weighted by molar-refractivity contribution is 7.92. The normalized spacial score (nSPS) is 12.5. The summed E-state index contributed by atoms with van der Waals surface area (Å²) in [5.74, 6) is -2.33. The lowest BCUT2D eigenvalue weighted by Gasteiger charge is -2.35. The van der Waals surface area contributed by atoms with Crippen molar-refractivity contribution < 1.29 is 26.8 Å². The molecule has 0 aliphatic rings. The van der Waals surface area contributed by atoms with Crippen molar-refractivity contribution >= 4 is 27.5 Å². The fraction of sp³-hybridized carbons (Fsp3) is 0.310. The van der Waals surface area contributed by atoms with Crippen LogP contribution in [0, 0.1) is 11.6 Å². The Morgan fingerprint density at radius 2 is 1.49 bits per heavy atom. The molecule has 7 nitrogen and oxygen atoms in total. The summed E-state index contributed by atoms with van der Waals surface area (Å²) in [5, 5.41) is 2.90. The van der Waals surface area contributed by atoms with Gasteiger partial charge < -0.3 is 10.2 Å². The SMILES string of the molecule is CC(C)(C)NC(=O)[C@@H](Cc1ccccc1)N(Cc1ccccc1F)C(=O)CN(c1ccc(F)cc1)S(C)(=O)=O. The van der Waals surface area contributed by atoms with Crippen LogP contribution < -0.4 is 9.62 Å². The highest BCUT2D eigenvalue weighted by Crippen LogP contribution is 2.22. The lowest BCUT2D eigenvalue weighted by atomic mass is 10.0. The topological polar surface area (TPSA) is 86.8 Å². The van der Waals surface area contributed by atoms with E-state index in [9.17, 15) is 26.8 Å². The lowest BCUT2D eigenvalue weighted by Crippen LogP contribution is -2.56. The molecule has 2 amide bonds. The number of halogens is 2. The van der Waals surface area contributed by atoms with Gasteiger partial charge in [0.05, 0.1) is 11.9 Å². The van der Waals surface area contributed by atoms with E-state index in [1.54, 1.807) is 39.0 Å². The lowest BCUT2D eigenvalue weighted by molar-refractivity contribution is -0.140. The number of sulfonamides is 1. The summed E-state index contributed by atoms with van der Waals surface area (Å²) < 4.78 is 54.5. The van der Waals surface area contributed by atoms with Gasteiger partial charge in [0.1, 0.15) is 24.2 Å². The Bertz CT molecular complexity index is 1390. The highest BCUT2D eigenvalue weighted by Gasteiger charge is 2.34. The summed E-state index contributed by atoms with van der Waals surface area (Å²) in [5.41, 5.74) is 0.374. The van der Waals surface area contributed by atoms with E-state index in [0.29, 0.717) is 0 Å². The third kappa shape index (κ3) is 8.61. The van der Waals surface area contributed by atoms with Gasteiger partial charge in [0, 0.05) is 24.1 Å². The molecule has 3 aromatic rings. The number of hydrogen-bond donors (Lipinski definition) is 1. The third-order valence-corrected chi connectivity index (χ3v) is 7.00. The van der Waals surface area contributed by atoms with E-state index in [2.05, 4.69) is 5.32 Å². The van der Waals surface area contributed by atoms with Gasteiger partial charge in [-0.3, -0.25) is 13.9 Å². The van der Waals surface area contributed by atoms with Crippen molar-refractivity contribution in [2.45, 2.75) is 45.3 Å². The van der Waals surface area contributed by atoms with Crippen LogP contribution in [0.25, 0.3) is 0 Å². The Labute approximate surface area is 228 Å². The van der Waals surface area contributed by atoms with E-state index in [1.165, 1.54) is 35.2 Å². The van der Waals surface area contributed by atoms with E-state index in [1.807, 2.05) is 18.2 Å². The zero-order valence-corrected chi connectivity index (χ0v) is 23.2. The second kappa shape index (κ2) is 12.4. The van der Waals surface area contributed by atoms with Crippen molar-refractivity contribution in [1.82, 2.24) is 10.2 Å². The number of nitrogens with one attached hydrogen (secondary N) is 1. The molecule has 0 aromatic heterocycles. The predicted octanol–water partition coefficient (Wildman–Crippen LogP) is 4.29. The van der Waals surface area contributed by atoms with Crippen LogP contribution in [0.2, 0.25) is 0 Å². The van der Waals surface area contributed by atoms with Crippen molar-refractivity contribution in [3.05, 3.63) is 102 Å². The van der Waals surface area contributed by atoms with Gasteiger partial charge in [-0.1, -0.05) is 48.5 Å². The van der Waals surface area contributed by atoms with Crippen LogP contribution in [0.1, 0.15) is 31.9 Å². The monoisotopic (exact) mass is 557 g/mol. The third-order valence-electron chi connectivity index (χ3n) is 5.86. The second-order valence-corrected chi connectivity index (χ2v) is 12.2. The molecule has 0 bridgehead atoms. The Morgan fingerprint density at radius 3 is 2.05 bits per heavy atom. The molecule has 0 saturated carbocycles. The maximum atomic E-state index is 14.8. The van der Waals surface area contributed by atoms with Crippen LogP contribution >= 0.6 is 0 Å². The highest BCUT2D eigenvalue weighted by atomic mass is 32.2. The summed E-state index contributed by atoms with van der Waals surface area (Å²) in [7, 11) is -3.99. The van der Waals surface area contributed by atoms with E-state index < -0.39 is 51.6 Å². The van der Waals surface area contributed by atoms with Gasteiger partial charge in [0.25, 0.3) is 0 Å². The van der Waals surface area contributed by atoms with Crippen LogP contribution in [0.15, 0.2) is 78.9 Å². The minimum Gasteiger partial charge on any atom is -0.350 e. The first-order valence-electron chi connectivity index (χ1n) is 12.4. The van der Waals surface area contributed by atoms with E-state index in [0.717, 1.165) is 28.3 Å². The molecule has 0 heterocycles. The molecule has 0 spiro atoms. The fourth-order valence-corrected chi connectivity index (χ4v) is 4.89. The summed E-state index contributed by atoms with van der Waals surface area (Å²) in [6.45, 7) is 4.45. The number of benzene rings is 3. The van der Waals surface area contributed by atoms with E-state index in [-0.39, 0.29) is 24.2 Å². The fourth-order valence-electron chi connectivity index (χ4n) is 4.04. The molecular weight excluding hydrogens is 524 g/mol. The summed E-state index contributed by atoms with van der Waals surface area (Å²) in [6, 6.07) is 18.5. The molecule has 0 aliphatic heterocycles. The van der Waals surface area contributed by atoms with Crippen LogP contribution in [0.3, 0.4) is 0 Å². The smallest absolute Gasteiger partial charge is 0.244 e. The first-order chi connectivity index (χ1) is 18.2. The van der Waals surface area contributed by atoms with Gasteiger partial charge in [0.15, 0.2) is 0 Å². The number of carbonyl (C=O) groups is 2. The first kappa shape index (κ1) is 29.8. The molecule has 208 valence electrons. The Morgan fingerprint density at radius 1 is 0.897 bits per heavy atom. The molecule has 0 aliphatic carbocycles. The molecule has 1 atom stereocenters. The molecule has 10 heteroatoms. The number of carbonyl (C=O) groups excluding carboxylic acids is 2. The Balaban J connectivity index is 2.08. The molecule has 0 unspecified atom stereocenters. The van der Waals surface area contributed by atoms with Crippen molar-refractivity contribution in [1.29, 1.82) is 0 Å². The van der Waals surface area contributed by atoms with Gasteiger partial charge in [-0.05, 0) is 56.7 Å². The van der Waals surface area contributed by atoms with Crippen LogP contribution in [-0.2, 0) is 32.6 Å². The van der Waals surface area contributed by atoms with Gasteiger partial charge >= 0.3 is 0 Å². The number of anilines is 1. The number of nitrogens with zero attached hydrogens (tertiary/aromatic N) is 2. The summed E-state index contributed by atoms with van der Waals surface area (Å²) in [6.07, 6.45) is 1.04. The minimum atomic E-state index is -3.99. The largest absolute Gasteiger partial charge is 0.350 e. The Kier molecular flexibility index (Phi) is 9.45. The molecular formula is C29H33F2N3O4S. The maximum absolute atomic E-state index is 14.8. The summed E-state index contributed by atoms with van der Waals surface area (Å²) >= 11 is 0. The first-order valence-corrected chi connectivity index (χ1v) is 14.2. The molecule has 39 heavy (non-hydrogen) atoms. The van der Waals surface area contributed by atoms with Crippen molar-refractivity contribution in [2.24, 2.45) is 0 Å². The minimum absolute atomic E-state index is 0.0804. The second-order valence-electron chi connectivity index (χ2n) is 10.3. The van der Waals surface area contributed by atoms with Crippen LogP contribution in [0.5, 0.6) is 0 Å². The van der Waals surface area contributed by atoms with E-state index in [4.69, 9.17) is 0 Å². The zero-order chi connectivity index (χ0) is 28.8. The van der Waals surface area contributed by atoms with Crippen molar-refractivity contribution in [3.8, 4) is 0 Å². The predicted molar refractivity (Wildman–Crippen MR) is 147 cm³/mol. The average molecular weight is 558 g/mol. The number of hydrogen-bond acceptors (Lipinski definition) is 4. The van der Waals surface area contributed by atoms with Crippen LogP contribution in [-0.4, -0.2) is 49.5 Å². The van der Waals surface area contributed by atoms with Gasteiger partial charge in [0.2, 0.25) is 21.8 Å². The zero-order valence-electron chi connectivity index (χ0n) is 22.4. The Hall–Kier alpha value is -3.79. The summed E-state index contributed by atoms with van der Waals surface area (Å²) in [4.78, 5) is 28.7. The molecule has 3 aromatic carbocycles. The quantitative estimate of drug-likeness (QED) is 0.403. The van der Waals surface area contributed by atoms with E-state index >= 15 is 0 Å². The molecule has 0 fully saturated rings. The standard InChI is InChI=1S/C29H33F2N3O4S/c1-29(2,3)32-28(36)26(18-21-10-6-5-7-11-21)33(19-22-12-8-9-13-25(22)31)27(35)20-34(39(4,37)38)24-16-14-23(30)15-17-24/h5-17,26H,18-20H2,1-4H3,(H,32,36)/t26-/m1/s1. The average Bonchev–Trinajstić information content (AvgIpc) is 2.85. The number of amides is 2. The van der Waals surface area contributed by atoms with Gasteiger partial charge in [-0.2, -0.15) is 0 Å². The number of rotatable bonds is 10. The van der Waals surface area contributed by atoms with Crippen LogP contribution in [0.4, 0.5) is 14.5 Å². The molecule has 0 radical (unpaired) electrons. The van der Waals surface area contributed by atoms with Crippen molar-refractivity contribution in [2.75, 3.05) is 17.1 Å². The maximum Gasteiger partial charge on any atom is 0.244 e.